The Kier molecular flexibility index (Phi) is 5.03. The first-order chi connectivity index (χ1) is 13.0. The number of nitrogens with zero attached hydrogens (tertiary/aromatic N) is 3. The van der Waals surface area contributed by atoms with Gasteiger partial charge in [-0.2, -0.15) is 19.1 Å². The minimum absolute atomic E-state index is 0.0160. The van der Waals surface area contributed by atoms with Gasteiger partial charge in [0, 0.05) is 6.26 Å². The summed E-state index contributed by atoms with van der Waals surface area (Å²) in [6.45, 7) is -1.90. The van der Waals surface area contributed by atoms with Crippen LogP contribution in [0.15, 0.2) is 16.5 Å². The number of hydrogen-bond acceptors (Lipinski definition) is 6. The quantitative estimate of drug-likeness (QED) is 0.608. The lowest BCUT2D eigenvalue weighted by Crippen LogP contribution is -2.06. The summed E-state index contributed by atoms with van der Waals surface area (Å²) in [7, 11) is -3.46. The van der Waals surface area contributed by atoms with Gasteiger partial charge in [-0.15, -0.1) is 0 Å². The smallest absolute Gasteiger partial charge is 0.387 e. The van der Waals surface area contributed by atoms with Gasteiger partial charge in [-0.3, -0.25) is 0 Å². The Morgan fingerprint density at radius 2 is 2.11 bits per heavy atom. The zero-order valence-corrected chi connectivity index (χ0v) is 15.9. The van der Waals surface area contributed by atoms with Crippen LogP contribution in [0.5, 0.6) is 5.75 Å². The number of halogens is 4. The third-order valence-electron chi connectivity index (χ3n) is 3.67. The van der Waals surface area contributed by atoms with Gasteiger partial charge < -0.3 is 9.15 Å². The van der Waals surface area contributed by atoms with Crippen molar-refractivity contribution in [2.24, 2.45) is 0 Å². The molecule has 0 saturated heterocycles. The molecule has 0 saturated carbocycles. The van der Waals surface area contributed by atoms with Crippen LogP contribution in [-0.4, -0.2) is 31.1 Å². The normalized spacial score (nSPS) is 11.9. The Hall–Kier alpha value is -2.71. The van der Waals surface area contributed by atoms with Crippen molar-refractivity contribution in [2.45, 2.75) is 19.3 Å². The molecule has 148 valence electrons. The van der Waals surface area contributed by atoms with Crippen molar-refractivity contribution in [3.63, 3.8) is 0 Å². The first-order valence-corrected chi connectivity index (χ1v) is 9.98. The molecular formula is C16H11ClF3N3O4S. The summed E-state index contributed by atoms with van der Waals surface area (Å²) in [5.74, 6) is -1.91. The highest BCUT2D eigenvalue weighted by atomic mass is 35.5. The summed E-state index contributed by atoms with van der Waals surface area (Å²) in [6.07, 6.45) is 0.988. The number of alkyl halides is 2. The fourth-order valence-corrected chi connectivity index (χ4v) is 3.61. The van der Waals surface area contributed by atoms with Crippen LogP contribution in [0.3, 0.4) is 0 Å². The lowest BCUT2D eigenvalue weighted by Gasteiger charge is -2.07. The fraction of sp³-hybridized carbons (Fsp3) is 0.250. The number of aromatic nitrogens is 2. The Morgan fingerprint density at radius 1 is 1.43 bits per heavy atom. The molecule has 0 spiro atoms. The SMILES string of the molecule is Cc1nn(-c2c(F)cc(Cl)c3oc(CS(C)(=O)=O)cc23)c(C#N)c1OC(F)F. The Labute approximate surface area is 161 Å². The molecule has 3 aromatic rings. The summed E-state index contributed by atoms with van der Waals surface area (Å²) in [4.78, 5) is 0. The average Bonchev–Trinajstić information content (AvgIpc) is 3.07. The molecule has 0 bridgehead atoms. The molecule has 3 rings (SSSR count). The molecular weight excluding hydrogens is 423 g/mol. The number of rotatable bonds is 5. The van der Waals surface area contributed by atoms with Crippen LogP contribution >= 0.6 is 11.6 Å². The number of fused-ring (bicyclic) bond motifs is 1. The van der Waals surface area contributed by atoms with E-state index in [9.17, 15) is 26.9 Å². The van der Waals surface area contributed by atoms with Crippen LogP contribution in [-0.2, 0) is 15.6 Å². The largest absolute Gasteiger partial charge is 0.458 e. The Balaban J connectivity index is 2.31. The number of benzene rings is 1. The van der Waals surface area contributed by atoms with E-state index in [0.29, 0.717) is 0 Å². The van der Waals surface area contributed by atoms with Crippen molar-refractivity contribution >= 4 is 32.4 Å². The van der Waals surface area contributed by atoms with Crippen molar-refractivity contribution in [1.82, 2.24) is 9.78 Å². The number of ether oxygens (including phenoxy) is 1. The van der Waals surface area contributed by atoms with Gasteiger partial charge >= 0.3 is 6.61 Å². The van der Waals surface area contributed by atoms with Gasteiger partial charge in [-0.1, -0.05) is 11.6 Å². The molecule has 28 heavy (non-hydrogen) atoms. The van der Waals surface area contributed by atoms with Crippen molar-refractivity contribution in [2.75, 3.05) is 6.26 Å². The second-order valence-electron chi connectivity index (χ2n) is 5.88. The molecule has 0 aliphatic rings. The molecule has 0 fully saturated rings. The maximum atomic E-state index is 14.7. The Bertz CT molecular complexity index is 1230. The van der Waals surface area contributed by atoms with E-state index in [1.54, 1.807) is 6.07 Å². The monoisotopic (exact) mass is 433 g/mol. The van der Waals surface area contributed by atoms with Crippen LogP contribution < -0.4 is 4.74 Å². The predicted octanol–water partition coefficient (Wildman–Crippen LogP) is 3.74. The average molecular weight is 434 g/mol. The van der Waals surface area contributed by atoms with E-state index in [4.69, 9.17) is 16.0 Å². The third kappa shape index (κ3) is 3.65. The lowest BCUT2D eigenvalue weighted by atomic mass is 10.2. The number of hydrogen-bond donors (Lipinski definition) is 0. The van der Waals surface area contributed by atoms with Crippen molar-refractivity contribution < 1.29 is 30.7 Å². The molecule has 0 amide bonds. The maximum absolute atomic E-state index is 14.7. The van der Waals surface area contributed by atoms with Gasteiger partial charge in [0.15, 0.2) is 32.7 Å². The van der Waals surface area contributed by atoms with E-state index >= 15 is 0 Å². The first-order valence-electron chi connectivity index (χ1n) is 7.55. The molecule has 7 nitrogen and oxygen atoms in total. The van der Waals surface area contributed by atoms with Crippen molar-refractivity contribution in [1.29, 1.82) is 5.26 Å². The van der Waals surface area contributed by atoms with Gasteiger partial charge in [0.05, 0.1) is 10.4 Å². The van der Waals surface area contributed by atoms with E-state index in [-0.39, 0.29) is 33.1 Å². The van der Waals surface area contributed by atoms with Gasteiger partial charge in [-0.05, 0) is 19.1 Å². The fourth-order valence-electron chi connectivity index (χ4n) is 2.72. The van der Waals surface area contributed by atoms with E-state index in [1.165, 1.54) is 13.0 Å². The molecule has 0 atom stereocenters. The minimum atomic E-state index is -3.46. The summed E-state index contributed by atoms with van der Waals surface area (Å²) in [5, 5.41) is 13.2. The van der Waals surface area contributed by atoms with Crippen LogP contribution in [0.2, 0.25) is 5.02 Å². The highest BCUT2D eigenvalue weighted by Gasteiger charge is 2.26. The number of furan rings is 1. The minimum Gasteiger partial charge on any atom is -0.458 e. The molecule has 0 aliphatic heterocycles. The maximum Gasteiger partial charge on any atom is 0.387 e. The summed E-state index contributed by atoms with van der Waals surface area (Å²) in [6, 6.07) is 3.79. The zero-order valence-electron chi connectivity index (χ0n) is 14.3. The van der Waals surface area contributed by atoms with Crippen LogP contribution in [0.25, 0.3) is 16.7 Å². The topological polar surface area (TPSA) is 98.1 Å². The summed E-state index contributed by atoms with van der Waals surface area (Å²) >= 11 is 5.98. The number of aryl methyl sites for hydroxylation is 1. The van der Waals surface area contributed by atoms with E-state index < -0.39 is 39.5 Å². The van der Waals surface area contributed by atoms with E-state index in [2.05, 4.69) is 9.84 Å². The van der Waals surface area contributed by atoms with Crippen LogP contribution in [0, 0.1) is 24.1 Å². The molecule has 2 heterocycles. The van der Waals surface area contributed by atoms with Gasteiger partial charge in [-0.25, -0.2) is 17.5 Å². The summed E-state index contributed by atoms with van der Waals surface area (Å²) < 4.78 is 73.6. The number of nitriles is 1. The predicted molar refractivity (Wildman–Crippen MR) is 92.9 cm³/mol. The zero-order chi connectivity index (χ0) is 20.8. The van der Waals surface area contributed by atoms with Crippen LogP contribution in [0.1, 0.15) is 17.1 Å². The van der Waals surface area contributed by atoms with Crippen molar-refractivity contribution in [3.05, 3.63) is 40.1 Å². The highest BCUT2D eigenvalue weighted by Crippen LogP contribution is 2.37. The molecule has 0 unspecified atom stereocenters. The number of sulfone groups is 1. The molecule has 0 aliphatic carbocycles. The van der Waals surface area contributed by atoms with Gasteiger partial charge in [0.25, 0.3) is 0 Å². The van der Waals surface area contributed by atoms with Crippen LogP contribution in [0.4, 0.5) is 13.2 Å². The molecule has 1 aromatic carbocycles. The van der Waals surface area contributed by atoms with Crippen molar-refractivity contribution in [3.8, 4) is 17.5 Å². The van der Waals surface area contributed by atoms with Gasteiger partial charge in [0.2, 0.25) is 0 Å². The standard InChI is InChI=1S/C16H11ClF3N3O4S/c1-7-14(27-16(19)20)12(5-21)23(22-7)13-9-3-8(6-28(2,24)25)26-15(9)10(17)4-11(13)18/h3-4,16H,6H2,1-2H3. The lowest BCUT2D eigenvalue weighted by molar-refractivity contribution is -0.0505. The summed E-state index contributed by atoms with van der Waals surface area (Å²) in [5.41, 5.74) is -0.887. The molecule has 12 heteroatoms. The van der Waals surface area contributed by atoms with E-state index in [1.807, 2.05) is 0 Å². The Morgan fingerprint density at radius 3 is 2.68 bits per heavy atom. The molecule has 0 N–H and O–H groups in total. The second kappa shape index (κ2) is 7.03. The molecule has 2 aromatic heterocycles. The second-order valence-corrected chi connectivity index (χ2v) is 8.43. The first kappa shape index (κ1) is 20.0. The molecule has 0 radical (unpaired) electrons. The highest BCUT2D eigenvalue weighted by molar-refractivity contribution is 7.89. The van der Waals surface area contributed by atoms with Gasteiger partial charge in [0.1, 0.15) is 29.0 Å². The van der Waals surface area contributed by atoms with E-state index in [0.717, 1.165) is 17.0 Å². The third-order valence-corrected chi connectivity index (χ3v) is 4.76.